The smallest absolute Gasteiger partial charge is 0.281 e. The lowest BCUT2D eigenvalue weighted by Crippen LogP contribution is -2.51. The second-order valence-electron chi connectivity index (χ2n) is 6.66. The summed E-state index contributed by atoms with van der Waals surface area (Å²) in [5.41, 5.74) is 0. The Hall–Kier alpha value is -0.210. The van der Waals surface area contributed by atoms with Gasteiger partial charge in [-0.15, -0.1) is 0 Å². The first-order chi connectivity index (χ1) is 9.93. The van der Waals surface area contributed by atoms with Gasteiger partial charge in [-0.3, -0.25) is 0 Å². The lowest BCUT2D eigenvalue weighted by Gasteiger charge is -2.38. The average molecular weight is 319 g/mol. The third kappa shape index (κ3) is 4.39. The molecule has 124 valence electrons. The normalized spacial score (nSPS) is 27.3. The van der Waals surface area contributed by atoms with E-state index >= 15 is 0 Å². The van der Waals surface area contributed by atoms with Crippen LogP contribution in [-0.2, 0) is 10.2 Å². The Bertz CT molecular complexity index is 419. The number of hydrogen-bond acceptors (Lipinski definition) is 4. The fourth-order valence-electron chi connectivity index (χ4n) is 3.39. The molecule has 2 saturated heterocycles. The zero-order valence-electron chi connectivity index (χ0n) is 13.2. The molecule has 1 unspecified atom stereocenters. The highest BCUT2D eigenvalue weighted by Gasteiger charge is 2.35. The molecule has 0 aromatic rings. The van der Waals surface area contributed by atoms with E-state index in [0.29, 0.717) is 32.1 Å². The number of hydrogen-bond donors (Lipinski definition) is 1. The van der Waals surface area contributed by atoms with E-state index in [2.05, 4.69) is 19.0 Å². The summed E-state index contributed by atoms with van der Waals surface area (Å²) in [6.45, 7) is 3.43. The maximum absolute atomic E-state index is 12.7. The van der Waals surface area contributed by atoms with E-state index in [1.807, 2.05) is 0 Å². The zero-order valence-corrected chi connectivity index (χ0v) is 14.1. The van der Waals surface area contributed by atoms with Crippen molar-refractivity contribution in [2.75, 3.05) is 53.4 Å². The fourth-order valence-corrected chi connectivity index (χ4v) is 5.15. The third-order valence-corrected chi connectivity index (χ3v) is 6.59. The van der Waals surface area contributed by atoms with Crippen LogP contribution >= 0.6 is 0 Å². The fraction of sp³-hybridized carbons (Fsp3) is 1.00. The molecule has 1 atom stereocenters. The van der Waals surface area contributed by atoms with E-state index in [-0.39, 0.29) is 12.5 Å². The quantitative estimate of drug-likeness (QED) is 0.787. The van der Waals surface area contributed by atoms with E-state index in [4.69, 9.17) is 0 Å². The average Bonchev–Trinajstić information content (AvgIpc) is 2.47. The van der Waals surface area contributed by atoms with Crippen LogP contribution in [0.3, 0.4) is 0 Å². The van der Waals surface area contributed by atoms with Crippen LogP contribution in [0.1, 0.15) is 25.7 Å². The highest BCUT2D eigenvalue weighted by Crippen LogP contribution is 2.25. The highest BCUT2D eigenvalue weighted by atomic mass is 32.2. The Labute approximate surface area is 128 Å². The summed E-state index contributed by atoms with van der Waals surface area (Å²) in [6, 6.07) is 0. The molecule has 6 nitrogen and oxygen atoms in total. The van der Waals surface area contributed by atoms with E-state index < -0.39 is 10.2 Å². The molecule has 0 aromatic heterocycles. The topological polar surface area (TPSA) is 64.1 Å². The summed E-state index contributed by atoms with van der Waals surface area (Å²) in [5, 5.41) is 9.26. The van der Waals surface area contributed by atoms with Crippen LogP contribution in [0.4, 0.5) is 0 Å². The van der Waals surface area contributed by atoms with Crippen LogP contribution in [0.2, 0.25) is 0 Å². The Kier molecular flexibility index (Phi) is 6.02. The Morgan fingerprint density at radius 2 is 1.71 bits per heavy atom. The van der Waals surface area contributed by atoms with E-state index in [0.717, 1.165) is 32.2 Å². The molecular weight excluding hydrogens is 290 g/mol. The molecule has 0 bridgehead atoms. The number of rotatable bonds is 5. The van der Waals surface area contributed by atoms with Crippen LogP contribution in [-0.4, -0.2) is 80.5 Å². The van der Waals surface area contributed by atoms with E-state index in [9.17, 15) is 13.5 Å². The number of piperidine rings is 2. The second kappa shape index (κ2) is 7.37. The van der Waals surface area contributed by atoms with Crippen molar-refractivity contribution >= 4 is 10.2 Å². The maximum Gasteiger partial charge on any atom is 0.281 e. The largest absolute Gasteiger partial charge is 0.396 e. The molecule has 2 rings (SSSR count). The van der Waals surface area contributed by atoms with Crippen LogP contribution in [0.25, 0.3) is 0 Å². The molecule has 2 fully saturated rings. The minimum absolute atomic E-state index is 0.0803. The molecule has 0 aliphatic carbocycles. The monoisotopic (exact) mass is 319 g/mol. The van der Waals surface area contributed by atoms with Gasteiger partial charge in [-0.1, -0.05) is 0 Å². The van der Waals surface area contributed by atoms with Gasteiger partial charge in [0.25, 0.3) is 10.2 Å². The summed E-state index contributed by atoms with van der Waals surface area (Å²) in [5.74, 6) is 0.692. The Morgan fingerprint density at radius 1 is 1.05 bits per heavy atom. The molecule has 0 saturated carbocycles. The summed E-state index contributed by atoms with van der Waals surface area (Å²) in [6.07, 6.45) is 3.65. The van der Waals surface area contributed by atoms with Crippen molar-refractivity contribution < 1.29 is 13.5 Å². The molecule has 2 aliphatic heterocycles. The first-order valence-corrected chi connectivity index (χ1v) is 9.34. The van der Waals surface area contributed by atoms with Gasteiger partial charge in [0.15, 0.2) is 0 Å². The Morgan fingerprint density at radius 3 is 2.29 bits per heavy atom. The van der Waals surface area contributed by atoms with Gasteiger partial charge in [-0.05, 0) is 51.6 Å². The van der Waals surface area contributed by atoms with E-state index in [1.165, 1.54) is 0 Å². The predicted octanol–water partition coefficient (Wildman–Crippen LogP) is 0.209. The van der Waals surface area contributed by atoms with Crippen LogP contribution in [0.5, 0.6) is 0 Å². The zero-order chi connectivity index (χ0) is 15.5. The highest BCUT2D eigenvalue weighted by molar-refractivity contribution is 7.86. The lowest BCUT2D eigenvalue weighted by molar-refractivity contribution is 0.156. The maximum atomic E-state index is 12.7. The van der Waals surface area contributed by atoms with Crippen molar-refractivity contribution in [2.24, 2.45) is 11.8 Å². The molecular formula is C14H29N3O3S. The van der Waals surface area contributed by atoms with Crippen LogP contribution in [0, 0.1) is 11.8 Å². The third-order valence-electron chi connectivity index (χ3n) is 4.59. The van der Waals surface area contributed by atoms with Crippen molar-refractivity contribution in [1.82, 2.24) is 13.5 Å². The SMILES string of the molecule is CN(C)CC1CCN(S(=O)(=O)N2CCCC(CO)C2)CC1. The molecule has 0 radical (unpaired) electrons. The van der Waals surface area contributed by atoms with Crippen molar-refractivity contribution in [3.8, 4) is 0 Å². The molecule has 0 aromatic carbocycles. The van der Waals surface area contributed by atoms with E-state index in [1.54, 1.807) is 8.61 Å². The van der Waals surface area contributed by atoms with Gasteiger partial charge in [0, 0.05) is 39.3 Å². The molecule has 2 aliphatic rings. The van der Waals surface area contributed by atoms with Crippen molar-refractivity contribution in [2.45, 2.75) is 25.7 Å². The molecule has 21 heavy (non-hydrogen) atoms. The summed E-state index contributed by atoms with van der Waals surface area (Å²) >= 11 is 0. The van der Waals surface area contributed by atoms with Crippen molar-refractivity contribution in [3.05, 3.63) is 0 Å². The van der Waals surface area contributed by atoms with Gasteiger partial charge in [0.05, 0.1) is 0 Å². The van der Waals surface area contributed by atoms with Crippen molar-refractivity contribution in [3.63, 3.8) is 0 Å². The van der Waals surface area contributed by atoms with Crippen LogP contribution in [0.15, 0.2) is 0 Å². The van der Waals surface area contributed by atoms with Gasteiger partial charge in [-0.2, -0.15) is 17.0 Å². The first kappa shape index (κ1) is 17.1. The predicted molar refractivity (Wildman–Crippen MR) is 83.2 cm³/mol. The summed E-state index contributed by atoms with van der Waals surface area (Å²) in [7, 11) is 0.785. The van der Waals surface area contributed by atoms with Crippen LogP contribution < -0.4 is 0 Å². The number of nitrogens with zero attached hydrogens (tertiary/aromatic N) is 3. The standard InChI is InChI=1S/C14H29N3O3S/c1-15(2)10-13-5-8-16(9-6-13)21(19,20)17-7-3-4-14(11-17)12-18/h13-14,18H,3-12H2,1-2H3. The van der Waals surface area contributed by atoms with Crippen molar-refractivity contribution in [1.29, 1.82) is 0 Å². The van der Waals surface area contributed by atoms with Gasteiger partial charge < -0.3 is 10.0 Å². The number of aliphatic hydroxyl groups excluding tert-OH is 1. The van der Waals surface area contributed by atoms with Gasteiger partial charge >= 0.3 is 0 Å². The summed E-state index contributed by atoms with van der Waals surface area (Å²) < 4.78 is 28.6. The van der Waals surface area contributed by atoms with Gasteiger partial charge in [0.2, 0.25) is 0 Å². The minimum Gasteiger partial charge on any atom is -0.396 e. The molecule has 0 spiro atoms. The Balaban J connectivity index is 1.92. The summed E-state index contributed by atoms with van der Waals surface area (Å²) in [4.78, 5) is 2.17. The molecule has 7 heteroatoms. The lowest BCUT2D eigenvalue weighted by atomic mass is 9.98. The molecule has 1 N–H and O–H groups in total. The second-order valence-corrected chi connectivity index (χ2v) is 8.59. The number of aliphatic hydroxyl groups is 1. The van der Waals surface area contributed by atoms with Gasteiger partial charge in [-0.25, -0.2) is 0 Å². The minimum atomic E-state index is -3.34. The van der Waals surface area contributed by atoms with Gasteiger partial charge in [0.1, 0.15) is 0 Å². The first-order valence-electron chi connectivity index (χ1n) is 7.94. The molecule has 0 amide bonds. The molecule has 2 heterocycles.